The number of pyridine rings is 1. The largest absolute Gasteiger partial charge is 0.331 e. The number of benzene rings is 1. The fraction of sp³-hybridized carbons (Fsp3) is 0.348. The second-order valence-corrected chi connectivity index (χ2v) is 8.35. The normalized spacial score (nSPS) is 23.7. The molecule has 2 aliphatic rings. The first kappa shape index (κ1) is 18.9. The van der Waals surface area contributed by atoms with Gasteiger partial charge in [0, 0.05) is 55.9 Å². The predicted octanol–water partition coefficient (Wildman–Crippen LogP) is 3.20. The van der Waals surface area contributed by atoms with Crippen LogP contribution in [0.5, 0.6) is 0 Å². The van der Waals surface area contributed by atoms with Crippen LogP contribution < -0.4 is 0 Å². The Bertz CT molecular complexity index is 1040. The molecule has 2 aliphatic heterocycles. The lowest BCUT2D eigenvalue weighted by atomic mass is 9.89. The molecule has 0 radical (unpaired) electrons. The van der Waals surface area contributed by atoms with Crippen LogP contribution in [0.15, 0.2) is 54.9 Å². The number of aromatic amines is 1. The average Bonchev–Trinajstić information content (AvgIpc) is 3.44. The first-order valence-electron chi connectivity index (χ1n) is 10.3. The third kappa shape index (κ3) is 3.50. The van der Waals surface area contributed by atoms with Crippen molar-refractivity contribution in [3.63, 3.8) is 0 Å². The van der Waals surface area contributed by atoms with Crippen molar-refractivity contribution < 1.29 is 9.18 Å². The van der Waals surface area contributed by atoms with Gasteiger partial charge in [0.1, 0.15) is 5.82 Å². The minimum Gasteiger partial charge on any atom is -0.331 e. The quantitative estimate of drug-likeness (QED) is 0.724. The highest BCUT2D eigenvalue weighted by atomic mass is 19.1. The molecule has 1 amide bonds. The van der Waals surface area contributed by atoms with Crippen LogP contribution in [0.4, 0.5) is 4.39 Å². The fourth-order valence-electron chi connectivity index (χ4n) is 4.97. The van der Waals surface area contributed by atoms with Crippen LogP contribution in [0.3, 0.4) is 0 Å². The minimum absolute atomic E-state index is 0.0359. The van der Waals surface area contributed by atoms with Crippen molar-refractivity contribution in [3.05, 3.63) is 83.2 Å². The summed E-state index contributed by atoms with van der Waals surface area (Å²) in [6.45, 7) is 5.14. The van der Waals surface area contributed by atoms with Crippen molar-refractivity contribution in [2.75, 3.05) is 19.6 Å². The van der Waals surface area contributed by atoms with E-state index in [0.29, 0.717) is 18.0 Å². The van der Waals surface area contributed by atoms with Crippen molar-refractivity contribution in [1.82, 2.24) is 25.0 Å². The second kappa shape index (κ2) is 7.65. The molecule has 4 heterocycles. The molecule has 2 fully saturated rings. The number of H-pyrrole nitrogens is 1. The van der Waals surface area contributed by atoms with Crippen molar-refractivity contribution >= 4 is 5.91 Å². The van der Waals surface area contributed by atoms with E-state index in [2.05, 4.69) is 20.1 Å². The lowest BCUT2D eigenvalue weighted by Gasteiger charge is -2.30. The number of carbonyl (C=O) groups excluding carboxylic acids is 1. The Labute approximate surface area is 174 Å². The van der Waals surface area contributed by atoms with Gasteiger partial charge in [0.05, 0.1) is 11.6 Å². The third-order valence-corrected chi connectivity index (χ3v) is 6.30. The van der Waals surface area contributed by atoms with Gasteiger partial charge in [-0.1, -0.05) is 12.1 Å². The van der Waals surface area contributed by atoms with Crippen molar-refractivity contribution in [2.24, 2.45) is 11.8 Å². The summed E-state index contributed by atoms with van der Waals surface area (Å²) >= 11 is 0. The minimum atomic E-state index is -0.271. The topological polar surface area (TPSA) is 65.1 Å². The van der Waals surface area contributed by atoms with Crippen molar-refractivity contribution in [1.29, 1.82) is 0 Å². The monoisotopic (exact) mass is 405 g/mol. The van der Waals surface area contributed by atoms with Crippen molar-refractivity contribution in [2.45, 2.75) is 19.5 Å². The first-order valence-corrected chi connectivity index (χ1v) is 10.3. The van der Waals surface area contributed by atoms with Gasteiger partial charge < -0.3 is 4.90 Å². The lowest BCUT2D eigenvalue weighted by Crippen LogP contribution is -2.35. The number of nitrogens with one attached hydrogen (secondary N) is 1. The Morgan fingerprint density at radius 2 is 2.10 bits per heavy atom. The number of halogens is 1. The third-order valence-electron chi connectivity index (χ3n) is 6.30. The van der Waals surface area contributed by atoms with Gasteiger partial charge in [-0.15, -0.1) is 0 Å². The molecule has 0 spiro atoms. The average molecular weight is 405 g/mol. The molecule has 30 heavy (non-hydrogen) atoms. The number of hydrogen-bond donors (Lipinski definition) is 1. The Morgan fingerprint density at radius 3 is 2.83 bits per heavy atom. The fourth-order valence-corrected chi connectivity index (χ4v) is 4.97. The number of likely N-dealkylation sites (tertiary alicyclic amines) is 2. The molecule has 3 atom stereocenters. The van der Waals surface area contributed by atoms with E-state index >= 15 is 0 Å². The molecule has 6 nitrogen and oxygen atoms in total. The Kier molecular flexibility index (Phi) is 4.83. The maximum atomic E-state index is 14.1. The van der Waals surface area contributed by atoms with Gasteiger partial charge in [-0.05, 0) is 48.7 Å². The Hall–Kier alpha value is -3.06. The van der Waals surface area contributed by atoms with E-state index in [1.54, 1.807) is 24.5 Å². The summed E-state index contributed by atoms with van der Waals surface area (Å²) in [5.41, 5.74) is 3.40. The van der Waals surface area contributed by atoms with Gasteiger partial charge in [-0.25, -0.2) is 4.39 Å². The van der Waals surface area contributed by atoms with Crippen molar-refractivity contribution in [3.8, 4) is 0 Å². The van der Waals surface area contributed by atoms with Crippen LogP contribution in [0.2, 0.25) is 0 Å². The van der Waals surface area contributed by atoms with Crippen LogP contribution in [-0.2, 0) is 6.54 Å². The first-order chi connectivity index (χ1) is 14.6. The zero-order valence-electron chi connectivity index (χ0n) is 16.8. The highest BCUT2D eigenvalue weighted by molar-refractivity contribution is 5.94. The van der Waals surface area contributed by atoms with Gasteiger partial charge in [0.25, 0.3) is 5.91 Å². The summed E-state index contributed by atoms with van der Waals surface area (Å²) in [7, 11) is 0. The highest BCUT2D eigenvalue weighted by Crippen LogP contribution is 2.45. The summed E-state index contributed by atoms with van der Waals surface area (Å²) < 4.78 is 14.1. The lowest BCUT2D eigenvalue weighted by molar-refractivity contribution is 0.0699. The molecule has 7 heteroatoms. The van der Waals surface area contributed by atoms with Crippen LogP contribution in [0.1, 0.15) is 33.4 Å². The summed E-state index contributed by atoms with van der Waals surface area (Å²) in [5.74, 6) is 0.305. The number of fused-ring (bicyclic) bond motifs is 1. The molecule has 0 saturated carbocycles. The molecule has 0 bridgehead atoms. The number of rotatable bonds is 4. The van der Waals surface area contributed by atoms with E-state index in [-0.39, 0.29) is 23.7 Å². The van der Waals surface area contributed by atoms with Crippen LogP contribution in [0, 0.1) is 24.6 Å². The van der Waals surface area contributed by atoms with E-state index in [1.165, 1.54) is 6.07 Å². The van der Waals surface area contributed by atoms with E-state index in [1.807, 2.05) is 36.1 Å². The van der Waals surface area contributed by atoms with E-state index in [4.69, 9.17) is 0 Å². The van der Waals surface area contributed by atoms with Gasteiger partial charge >= 0.3 is 0 Å². The zero-order valence-corrected chi connectivity index (χ0v) is 16.8. The molecule has 0 aliphatic carbocycles. The molecule has 3 aromatic rings. The molecule has 1 N–H and O–H groups in total. The molecular formula is C23H24FN5O. The van der Waals surface area contributed by atoms with Crippen LogP contribution in [0.25, 0.3) is 0 Å². The number of aromatic nitrogens is 3. The molecule has 5 rings (SSSR count). The van der Waals surface area contributed by atoms with Gasteiger partial charge in [0.2, 0.25) is 0 Å². The maximum absolute atomic E-state index is 14.1. The highest BCUT2D eigenvalue weighted by Gasteiger charge is 2.49. The number of hydrogen-bond acceptors (Lipinski definition) is 4. The summed E-state index contributed by atoms with van der Waals surface area (Å²) in [6, 6.07) is 12.2. The summed E-state index contributed by atoms with van der Waals surface area (Å²) in [4.78, 5) is 22.0. The van der Waals surface area contributed by atoms with E-state index < -0.39 is 0 Å². The Balaban J connectivity index is 1.43. The van der Waals surface area contributed by atoms with E-state index in [9.17, 15) is 9.18 Å². The van der Waals surface area contributed by atoms with Gasteiger partial charge in [-0.2, -0.15) is 5.10 Å². The zero-order chi connectivity index (χ0) is 20.7. The predicted molar refractivity (Wildman–Crippen MR) is 110 cm³/mol. The molecule has 1 aromatic carbocycles. The molecule has 2 aromatic heterocycles. The summed E-state index contributed by atoms with van der Waals surface area (Å²) in [6.07, 6.45) is 3.40. The number of aryl methyl sites for hydroxylation is 1. The number of carbonyl (C=O) groups is 1. The second-order valence-electron chi connectivity index (χ2n) is 8.35. The van der Waals surface area contributed by atoms with Gasteiger partial charge in [0.15, 0.2) is 0 Å². The molecule has 0 unspecified atom stereocenters. The molecule has 2 saturated heterocycles. The van der Waals surface area contributed by atoms with Gasteiger partial charge in [-0.3, -0.25) is 19.8 Å². The standard InChI is InChI=1S/C23H24FN5O/c1-15-5-6-17(10-25-15)23(30)29-12-18-11-28(13-20-7-8-26-27-20)14-21(18)22(29)16-3-2-4-19(24)9-16/h2-10,18,21-22H,11-14H2,1H3,(H,26,27)/t18-,21-,22+/m0/s1. The molecular weight excluding hydrogens is 381 g/mol. The van der Waals surface area contributed by atoms with Crippen LogP contribution in [-0.4, -0.2) is 50.5 Å². The number of nitrogens with zero attached hydrogens (tertiary/aromatic N) is 4. The van der Waals surface area contributed by atoms with Crippen LogP contribution >= 0.6 is 0 Å². The van der Waals surface area contributed by atoms with E-state index in [0.717, 1.165) is 36.6 Å². The molecule has 154 valence electrons. The summed E-state index contributed by atoms with van der Waals surface area (Å²) in [5, 5.41) is 7.05. The maximum Gasteiger partial charge on any atom is 0.255 e. The smallest absolute Gasteiger partial charge is 0.255 e. The SMILES string of the molecule is Cc1ccc(C(=O)N2C[C@@H]3CN(Cc4ccn[nH]4)C[C@@H]3[C@H]2c2cccc(F)c2)cn1. The number of amides is 1. The Morgan fingerprint density at radius 1 is 1.20 bits per heavy atom.